The maximum absolute atomic E-state index is 12.4. The SMILES string of the molecule is CCCCC(CN)NC(=O)c1ccc(SCc2cn3ccccc3n2)cc1.Cl.Cl. The number of aromatic nitrogens is 2. The number of thioether (sulfide) groups is 1. The van der Waals surface area contributed by atoms with Gasteiger partial charge in [0.05, 0.1) is 5.69 Å². The maximum atomic E-state index is 12.4. The van der Waals surface area contributed by atoms with Gasteiger partial charge in [0.25, 0.3) is 5.91 Å². The van der Waals surface area contributed by atoms with E-state index in [1.54, 1.807) is 11.8 Å². The summed E-state index contributed by atoms with van der Waals surface area (Å²) in [5, 5.41) is 3.03. The number of nitrogens with one attached hydrogen (secondary N) is 1. The number of carbonyl (C=O) groups is 1. The minimum absolute atomic E-state index is 0. The molecule has 5 nitrogen and oxygen atoms in total. The number of imidazole rings is 1. The van der Waals surface area contributed by atoms with E-state index in [0.717, 1.165) is 41.3 Å². The molecular formula is C21H28Cl2N4OS. The zero-order valence-electron chi connectivity index (χ0n) is 16.4. The molecular weight excluding hydrogens is 427 g/mol. The van der Waals surface area contributed by atoms with Gasteiger partial charge in [0.2, 0.25) is 0 Å². The highest BCUT2D eigenvalue weighted by molar-refractivity contribution is 7.98. The molecule has 158 valence electrons. The Morgan fingerprint density at radius 2 is 1.97 bits per heavy atom. The third-order valence-corrected chi connectivity index (χ3v) is 5.49. The summed E-state index contributed by atoms with van der Waals surface area (Å²) in [5.41, 5.74) is 8.42. The van der Waals surface area contributed by atoms with Gasteiger partial charge in [-0.15, -0.1) is 36.6 Å². The third-order valence-electron chi connectivity index (χ3n) is 4.44. The van der Waals surface area contributed by atoms with Gasteiger partial charge >= 0.3 is 0 Å². The highest BCUT2D eigenvalue weighted by Crippen LogP contribution is 2.23. The van der Waals surface area contributed by atoms with Crippen molar-refractivity contribution in [1.82, 2.24) is 14.7 Å². The van der Waals surface area contributed by atoms with Gasteiger partial charge in [0.15, 0.2) is 0 Å². The number of hydrogen-bond acceptors (Lipinski definition) is 4. The quantitative estimate of drug-likeness (QED) is 0.458. The van der Waals surface area contributed by atoms with Crippen molar-refractivity contribution in [2.45, 2.75) is 42.9 Å². The van der Waals surface area contributed by atoms with E-state index in [2.05, 4.69) is 17.2 Å². The molecule has 8 heteroatoms. The second kappa shape index (κ2) is 12.8. The monoisotopic (exact) mass is 454 g/mol. The predicted molar refractivity (Wildman–Crippen MR) is 126 cm³/mol. The molecule has 0 bridgehead atoms. The Kier molecular flexibility index (Phi) is 11.1. The molecule has 0 aliphatic carbocycles. The lowest BCUT2D eigenvalue weighted by atomic mass is 10.1. The van der Waals surface area contributed by atoms with Crippen molar-refractivity contribution in [1.29, 1.82) is 0 Å². The molecule has 0 spiro atoms. The van der Waals surface area contributed by atoms with Crippen LogP contribution in [0.3, 0.4) is 0 Å². The van der Waals surface area contributed by atoms with Gasteiger partial charge in [-0.2, -0.15) is 0 Å². The van der Waals surface area contributed by atoms with Crippen molar-refractivity contribution < 1.29 is 4.79 Å². The standard InChI is InChI=1S/C21H26N4OS.2ClH/c1-2-3-6-17(13-22)24-21(26)16-8-10-19(11-9-16)27-15-18-14-25-12-5-4-7-20(25)23-18;;/h4-5,7-12,14,17H,2-3,6,13,15,22H2,1H3,(H,24,26);2*1H. The lowest BCUT2D eigenvalue weighted by Gasteiger charge is -2.16. The summed E-state index contributed by atoms with van der Waals surface area (Å²) >= 11 is 1.71. The smallest absolute Gasteiger partial charge is 0.251 e. The highest BCUT2D eigenvalue weighted by Gasteiger charge is 2.12. The van der Waals surface area contributed by atoms with Crippen molar-refractivity contribution in [2.24, 2.45) is 5.73 Å². The number of benzene rings is 1. The Labute approximate surface area is 188 Å². The number of carbonyl (C=O) groups excluding carboxylic acids is 1. The fourth-order valence-corrected chi connectivity index (χ4v) is 3.67. The Balaban J connectivity index is 0.00000210. The van der Waals surface area contributed by atoms with Gasteiger partial charge in [-0.05, 0) is 42.8 Å². The normalized spacial score (nSPS) is 11.4. The first-order valence-electron chi connectivity index (χ1n) is 9.36. The molecule has 0 saturated heterocycles. The molecule has 0 radical (unpaired) electrons. The summed E-state index contributed by atoms with van der Waals surface area (Å²) in [6.45, 7) is 2.61. The molecule has 29 heavy (non-hydrogen) atoms. The van der Waals surface area contributed by atoms with Gasteiger partial charge in [-0.25, -0.2) is 4.98 Å². The number of halogens is 2. The van der Waals surface area contributed by atoms with Crippen LogP contribution < -0.4 is 11.1 Å². The molecule has 0 aliphatic heterocycles. The Morgan fingerprint density at radius 3 is 2.62 bits per heavy atom. The number of nitrogens with zero attached hydrogens (tertiary/aromatic N) is 2. The first-order valence-corrected chi connectivity index (χ1v) is 10.3. The molecule has 1 aromatic carbocycles. The van der Waals surface area contributed by atoms with Crippen LogP contribution in [0.1, 0.15) is 42.2 Å². The van der Waals surface area contributed by atoms with Crippen molar-refractivity contribution in [2.75, 3.05) is 6.54 Å². The zero-order valence-corrected chi connectivity index (χ0v) is 18.9. The van der Waals surface area contributed by atoms with Crippen LogP contribution in [0, 0.1) is 0 Å². The number of unbranched alkanes of at least 4 members (excludes halogenated alkanes) is 1. The largest absolute Gasteiger partial charge is 0.348 e. The van der Waals surface area contributed by atoms with E-state index in [4.69, 9.17) is 5.73 Å². The van der Waals surface area contributed by atoms with Gasteiger partial charge in [0.1, 0.15) is 5.65 Å². The lowest BCUT2D eigenvalue weighted by molar-refractivity contribution is 0.0935. The summed E-state index contributed by atoms with van der Waals surface area (Å²) in [4.78, 5) is 18.1. The molecule has 0 fully saturated rings. The average molecular weight is 455 g/mol. The van der Waals surface area contributed by atoms with Crippen LogP contribution in [0.25, 0.3) is 5.65 Å². The molecule has 1 unspecified atom stereocenters. The first-order chi connectivity index (χ1) is 13.2. The number of pyridine rings is 1. The van der Waals surface area contributed by atoms with Gasteiger partial charge in [0, 0.05) is 41.2 Å². The van der Waals surface area contributed by atoms with Crippen molar-refractivity contribution in [3.63, 3.8) is 0 Å². The number of nitrogens with two attached hydrogens (primary N) is 1. The molecule has 1 amide bonds. The topological polar surface area (TPSA) is 72.4 Å². The minimum atomic E-state index is -0.0570. The molecule has 0 aliphatic rings. The van der Waals surface area contributed by atoms with Crippen LogP contribution in [0.5, 0.6) is 0 Å². The van der Waals surface area contributed by atoms with Crippen LogP contribution >= 0.6 is 36.6 Å². The Bertz CT molecular complexity index is 853. The summed E-state index contributed by atoms with van der Waals surface area (Å²) in [7, 11) is 0. The fraction of sp³-hybridized carbons (Fsp3) is 0.333. The summed E-state index contributed by atoms with van der Waals surface area (Å²) in [6, 6.07) is 13.7. The van der Waals surface area contributed by atoms with E-state index in [1.807, 2.05) is 59.3 Å². The molecule has 2 heterocycles. The van der Waals surface area contributed by atoms with Crippen LogP contribution in [-0.4, -0.2) is 27.9 Å². The molecule has 3 N–H and O–H groups in total. The molecule has 0 saturated carbocycles. The summed E-state index contributed by atoms with van der Waals surface area (Å²) < 4.78 is 2.02. The van der Waals surface area contributed by atoms with Gasteiger partial charge in [-0.3, -0.25) is 4.79 Å². The van der Waals surface area contributed by atoms with Crippen LogP contribution in [0.4, 0.5) is 0 Å². The van der Waals surface area contributed by atoms with E-state index in [1.165, 1.54) is 0 Å². The van der Waals surface area contributed by atoms with E-state index < -0.39 is 0 Å². The number of fused-ring (bicyclic) bond motifs is 1. The van der Waals surface area contributed by atoms with E-state index in [9.17, 15) is 4.79 Å². The molecule has 3 rings (SSSR count). The van der Waals surface area contributed by atoms with Crippen LogP contribution in [0.2, 0.25) is 0 Å². The fourth-order valence-electron chi connectivity index (χ4n) is 2.88. The molecule has 2 aromatic heterocycles. The first kappa shape index (κ1) is 25.3. The van der Waals surface area contributed by atoms with Crippen LogP contribution in [-0.2, 0) is 5.75 Å². The van der Waals surface area contributed by atoms with Gasteiger partial charge < -0.3 is 15.5 Å². The summed E-state index contributed by atoms with van der Waals surface area (Å²) in [5.74, 6) is 0.734. The number of amides is 1. The second-order valence-corrected chi connectivity index (χ2v) is 7.61. The maximum Gasteiger partial charge on any atom is 0.251 e. The summed E-state index contributed by atoms with van der Waals surface area (Å²) in [6.07, 6.45) is 7.14. The third kappa shape index (κ3) is 7.23. The lowest BCUT2D eigenvalue weighted by Crippen LogP contribution is -2.40. The molecule has 3 aromatic rings. The van der Waals surface area contributed by atoms with Crippen LogP contribution in [0.15, 0.2) is 59.8 Å². The Hall–Kier alpha value is -1.73. The van der Waals surface area contributed by atoms with Crippen molar-refractivity contribution >= 4 is 48.1 Å². The minimum Gasteiger partial charge on any atom is -0.348 e. The highest BCUT2D eigenvalue weighted by atomic mass is 35.5. The van der Waals surface area contributed by atoms with Crippen molar-refractivity contribution in [3.8, 4) is 0 Å². The van der Waals surface area contributed by atoms with E-state index >= 15 is 0 Å². The van der Waals surface area contributed by atoms with Crippen molar-refractivity contribution in [3.05, 3.63) is 66.1 Å². The number of rotatable bonds is 9. The van der Waals surface area contributed by atoms with Gasteiger partial charge in [-0.1, -0.05) is 25.8 Å². The van der Waals surface area contributed by atoms with E-state index in [-0.39, 0.29) is 36.8 Å². The number of hydrogen-bond donors (Lipinski definition) is 2. The predicted octanol–water partition coefficient (Wildman–Crippen LogP) is 4.72. The average Bonchev–Trinajstić information content (AvgIpc) is 3.12. The van der Waals surface area contributed by atoms with E-state index in [0.29, 0.717) is 12.1 Å². The Morgan fingerprint density at radius 1 is 1.21 bits per heavy atom. The second-order valence-electron chi connectivity index (χ2n) is 6.56. The molecule has 1 atom stereocenters. The zero-order chi connectivity index (χ0) is 19.1.